The fourth-order valence-corrected chi connectivity index (χ4v) is 3.62. The fraction of sp³-hybridized carbons (Fsp3) is 0.632. The number of nitrogens with one attached hydrogen (secondary N) is 1. The molecular formula is C19H29N5O2. The molecule has 1 aromatic rings. The highest BCUT2D eigenvalue weighted by molar-refractivity contribution is 5.80. The van der Waals surface area contributed by atoms with Gasteiger partial charge >= 0.3 is 6.03 Å². The SMILES string of the molecule is CC(C)NC(=O)N1CCC(C(=O)N2CCN(c3ccccn3)CC2)CC1. The first kappa shape index (κ1) is 18.5. The van der Waals surface area contributed by atoms with Crippen LogP contribution >= 0.6 is 0 Å². The van der Waals surface area contributed by atoms with Gasteiger partial charge in [0, 0.05) is 57.4 Å². The van der Waals surface area contributed by atoms with Crippen molar-refractivity contribution in [2.24, 2.45) is 5.92 Å². The van der Waals surface area contributed by atoms with Gasteiger partial charge in [-0.05, 0) is 38.8 Å². The molecule has 0 bridgehead atoms. The molecule has 0 spiro atoms. The summed E-state index contributed by atoms with van der Waals surface area (Å²) in [5.74, 6) is 1.26. The van der Waals surface area contributed by atoms with Gasteiger partial charge in [0.25, 0.3) is 0 Å². The first-order chi connectivity index (χ1) is 12.5. The van der Waals surface area contributed by atoms with Crippen molar-refractivity contribution < 1.29 is 9.59 Å². The Morgan fingerprint density at radius 2 is 1.73 bits per heavy atom. The molecule has 3 heterocycles. The number of amides is 3. The predicted molar refractivity (Wildman–Crippen MR) is 101 cm³/mol. The Morgan fingerprint density at radius 3 is 2.31 bits per heavy atom. The van der Waals surface area contributed by atoms with Gasteiger partial charge in [-0.3, -0.25) is 4.79 Å². The molecule has 0 aliphatic carbocycles. The van der Waals surface area contributed by atoms with E-state index in [0.29, 0.717) is 13.1 Å². The third kappa shape index (κ3) is 4.45. The molecule has 7 heteroatoms. The lowest BCUT2D eigenvalue weighted by Gasteiger charge is -2.39. The summed E-state index contributed by atoms with van der Waals surface area (Å²) in [7, 11) is 0. The van der Waals surface area contributed by atoms with Gasteiger partial charge in [-0.15, -0.1) is 0 Å². The van der Waals surface area contributed by atoms with Crippen molar-refractivity contribution in [1.82, 2.24) is 20.1 Å². The van der Waals surface area contributed by atoms with Gasteiger partial charge in [0.15, 0.2) is 0 Å². The maximum atomic E-state index is 12.8. The maximum Gasteiger partial charge on any atom is 0.317 e. The Bertz CT molecular complexity index is 606. The van der Waals surface area contributed by atoms with E-state index in [0.717, 1.165) is 44.8 Å². The van der Waals surface area contributed by atoms with E-state index >= 15 is 0 Å². The summed E-state index contributed by atoms with van der Waals surface area (Å²) in [6, 6.07) is 6.03. The van der Waals surface area contributed by atoms with Gasteiger partial charge in [-0.25, -0.2) is 9.78 Å². The zero-order valence-corrected chi connectivity index (χ0v) is 15.7. The van der Waals surface area contributed by atoms with E-state index in [2.05, 4.69) is 15.2 Å². The van der Waals surface area contributed by atoms with Crippen molar-refractivity contribution in [1.29, 1.82) is 0 Å². The van der Waals surface area contributed by atoms with Crippen LogP contribution in [0.25, 0.3) is 0 Å². The second-order valence-corrected chi connectivity index (χ2v) is 7.37. The molecule has 3 amide bonds. The molecule has 0 unspecified atom stereocenters. The lowest BCUT2D eigenvalue weighted by Crippen LogP contribution is -2.53. The largest absolute Gasteiger partial charge is 0.353 e. The van der Waals surface area contributed by atoms with Crippen LogP contribution in [0.1, 0.15) is 26.7 Å². The summed E-state index contributed by atoms with van der Waals surface area (Å²) in [4.78, 5) is 35.3. The lowest BCUT2D eigenvalue weighted by molar-refractivity contribution is -0.137. The standard InChI is InChI=1S/C19H29N5O2/c1-15(2)21-19(26)24-9-6-16(7-10-24)18(25)23-13-11-22(12-14-23)17-5-3-4-8-20-17/h3-5,8,15-16H,6-7,9-14H2,1-2H3,(H,21,26). The fourth-order valence-electron chi connectivity index (χ4n) is 3.62. The molecule has 1 aromatic heterocycles. The smallest absolute Gasteiger partial charge is 0.317 e. The van der Waals surface area contributed by atoms with Crippen LogP contribution < -0.4 is 10.2 Å². The average molecular weight is 359 g/mol. The highest BCUT2D eigenvalue weighted by Gasteiger charge is 2.31. The zero-order valence-electron chi connectivity index (χ0n) is 15.7. The average Bonchev–Trinajstić information content (AvgIpc) is 2.68. The number of piperidine rings is 1. The quantitative estimate of drug-likeness (QED) is 0.889. The van der Waals surface area contributed by atoms with Crippen LogP contribution in [-0.4, -0.2) is 72.0 Å². The minimum atomic E-state index is -0.0186. The molecule has 26 heavy (non-hydrogen) atoms. The molecule has 2 fully saturated rings. The monoisotopic (exact) mass is 359 g/mol. The van der Waals surface area contributed by atoms with Gasteiger partial charge in [-0.2, -0.15) is 0 Å². The molecule has 1 N–H and O–H groups in total. The van der Waals surface area contributed by atoms with Crippen molar-refractivity contribution in [2.75, 3.05) is 44.2 Å². The number of nitrogens with zero attached hydrogens (tertiary/aromatic N) is 4. The highest BCUT2D eigenvalue weighted by atomic mass is 16.2. The van der Waals surface area contributed by atoms with Gasteiger partial charge in [0.2, 0.25) is 5.91 Å². The van der Waals surface area contributed by atoms with E-state index in [4.69, 9.17) is 0 Å². The topological polar surface area (TPSA) is 68.8 Å². The molecule has 3 rings (SSSR count). The van der Waals surface area contributed by atoms with E-state index in [9.17, 15) is 9.59 Å². The minimum absolute atomic E-state index is 0.0186. The molecular weight excluding hydrogens is 330 g/mol. The normalized spacial score (nSPS) is 19.0. The third-order valence-corrected chi connectivity index (χ3v) is 5.11. The van der Waals surface area contributed by atoms with E-state index in [1.54, 1.807) is 6.20 Å². The summed E-state index contributed by atoms with van der Waals surface area (Å²) < 4.78 is 0. The zero-order chi connectivity index (χ0) is 18.5. The van der Waals surface area contributed by atoms with Crippen molar-refractivity contribution in [3.63, 3.8) is 0 Å². The summed E-state index contributed by atoms with van der Waals surface area (Å²) in [6.07, 6.45) is 3.31. The molecule has 2 saturated heterocycles. The number of carbonyl (C=O) groups excluding carboxylic acids is 2. The predicted octanol–water partition coefficient (Wildman–Crippen LogP) is 1.56. The number of aromatic nitrogens is 1. The highest BCUT2D eigenvalue weighted by Crippen LogP contribution is 2.21. The van der Waals surface area contributed by atoms with Crippen molar-refractivity contribution in [2.45, 2.75) is 32.7 Å². The summed E-state index contributed by atoms with van der Waals surface area (Å²) >= 11 is 0. The van der Waals surface area contributed by atoms with Gasteiger partial charge < -0.3 is 20.0 Å². The summed E-state index contributed by atoms with van der Waals surface area (Å²) in [5, 5.41) is 2.92. The lowest BCUT2D eigenvalue weighted by atomic mass is 9.95. The molecule has 142 valence electrons. The number of anilines is 1. The molecule has 0 aromatic carbocycles. The van der Waals surface area contributed by atoms with Crippen LogP contribution in [0.3, 0.4) is 0 Å². The van der Waals surface area contributed by atoms with Gasteiger partial charge in [-0.1, -0.05) is 6.07 Å². The van der Waals surface area contributed by atoms with Crippen LogP contribution in [0, 0.1) is 5.92 Å². The Balaban J connectivity index is 1.45. The number of carbonyl (C=O) groups is 2. The molecule has 2 aliphatic heterocycles. The van der Waals surface area contributed by atoms with Crippen LogP contribution in [0.15, 0.2) is 24.4 Å². The number of piperazine rings is 1. The molecule has 0 radical (unpaired) electrons. The first-order valence-corrected chi connectivity index (χ1v) is 9.55. The number of pyridine rings is 1. The van der Waals surface area contributed by atoms with E-state index in [-0.39, 0.29) is 23.9 Å². The summed E-state index contributed by atoms with van der Waals surface area (Å²) in [6.45, 7) is 8.34. The minimum Gasteiger partial charge on any atom is -0.353 e. The number of urea groups is 1. The van der Waals surface area contributed by atoms with Crippen LogP contribution in [0.5, 0.6) is 0 Å². The Labute approximate surface area is 155 Å². The third-order valence-electron chi connectivity index (χ3n) is 5.11. The van der Waals surface area contributed by atoms with E-state index in [1.807, 2.05) is 41.8 Å². The molecule has 2 aliphatic rings. The van der Waals surface area contributed by atoms with Crippen molar-refractivity contribution >= 4 is 17.8 Å². The van der Waals surface area contributed by atoms with Crippen LogP contribution in [0.4, 0.5) is 10.6 Å². The second kappa shape index (κ2) is 8.38. The number of likely N-dealkylation sites (tertiary alicyclic amines) is 1. The molecule has 7 nitrogen and oxygen atoms in total. The number of rotatable bonds is 3. The number of hydrogen-bond acceptors (Lipinski definition) is 4. The van der Waals surface area contributed by atoms with Crippen LogP contribution in [-0.2, 0) is 4.79 Å². The number of hydrogen-bond donors (Lipinski definition) is 1. The Kier molecular flexibility index (Phi) is 5.96. The maximum absolute atomic E-state index is 12.8. The Morgan fingerprint density at radius 1 is 1.04 bits per heavy atom. The second-order valence-electron chi connectivity index (χ2n) is 7.37. The van der Waals surface area contributed by atoms with E-state index < -0.39 is 0 Å². The van der Waals surface area contributed by atoms with Gasteiger partial charge in [0.05, 0.1) is 0 Å². The van der Waals surface area contributed by atoms with Gasteiger partial charge in [0.1, 0.15) is 5.82 Å². The summed E-state index contributed by atoms with van der Waals surface area (Å²) in [5.41, 5.74) is 0. The Hall–Kier alpha value is -2.31. The van der Waals surface area contributed by atoms with E-state index in [1.165, 1.54) is 0 Å². The van der Waals surface area contributed by atoms with Crippen molar-refractivity contribution in [3.8, 4) is 0 Å². The molecule has 0 saturated carbocycles. The first-order valence-electron chi connectivity index (χ1n) is 9.55. The van der Waals surface area contributed by atoms with Crippen molar-refractivity contribution in [3.05, 3.63) is 24.4 Å². The van der Waals surface area contributed by atoms with Crippen LogP contribution in [0.2, 0.25) is 0 Å². The molecule has 0 atom stereocenters.